The number of rotatable bonds is 7. The standard InChI is InChI=1S/C33H37F2N5O4Si/c1-18(44-45(6,7)33(3,4)5)28(42)30-36-15-14-22(37-30)21-13-12-20-17-39(19(2)41)26-16-25(27(20)29(21)43-32(34)35)40-24-11-9-8-10-23(24)38-31(26)40/h8-15,18,25-26,32H,16-17H2,1-7H3/t18?,25-,26-/m1/s1. The molecule has 1 unspecified atom stereocenters. The van der Waals surface area contributed by atoms with Gasteiger partial charge in [-0.05, 0) is 54.9 Å². The number of carbonyl (C=O) groups excluding carboxylic acids is 2. The summed E-state index contributed by atoms with van der Waals surface area (Å²) < 4.78 is 42.0. The van der Waals surface area contributed by atoms with E-state index in [1.807, 2.05) is 34.9 Å². The lowest BCUT2D eigenvalue weighted by Gasteiger charge is -2.37. The number of imidazole rings is 1. The van der Waals surface area contributed by atoms with Crippen LogP contribution in [0.1, 0.15) is 80.7 Å². The molecule has 0 radical (unpaired) electrons. The Kier molecular flexibility index (Phi) is 7.63. The topological polar surface area (TPSA) is 99.4 Å². The van der Waals surface area contributed by atoms with Gasteiger partial charge in [0.2, 0.25) is 11.7 Å². The van der Waals surface area contributed by atoms with Crippen molar-refractivity contribution in [3.05, 3.63) is 71.4 Å². The largest absolute Gasteiger partial charge is 0.434 e. The lowest BCUT2D eigenvalue weighted by molar-refractivity contribution is -0.132. The molecular formula is C33H37F2N5O4Si. The van der Waals surface area contributed by atoms with E-state index in [9.17, 15) is 18.4 Å². The van der Waals surface area contributed by atoms with Crippen LogP contribution in [0.25, 0.3) is 22.3 Å². The number of Topliss-reactive ketones (excluding diaryl/α,β-unsaturated/α-hetero) is 1. The van der Waals surface area contributed by atoms with E-state index in [0.29, 0.717) is 28.9 Å². The molecule has 45 heavy (non-hydrogen) atoms. The van der Waals surface area contributed by atoms with Crippen LogP contribution in [0.2, 0.25) is 18.1 Å². The molecule has 4 aromatic rings. The summed E-state index contributed by atoms with van der Waals surface area (Å²) in [7, 11) is -2.27. The van der Waals surface area contributed by atoms with E-state index in [2.05, 4.69) is 43.8 Å². The number of carbonyl (C=O) groups is 2. The molecule has 3 atom stereocenters. The summed E-state index contributed by atoms with van der Waals surface area (Å²) in [5.41, 5.74) is 3.41. The number of para-hydroxylation sites is 2. The van der Waals surface area contributed by atoms with Gasteiger partial charge in [0.15, 0.2) is 14.1 Å². The summed E-state index contributed by atoms with van der Waals surface area (Å²) in [5, 5.41) is -0.106. The normalized spacial score (nSPS) is 18.5. The van der Waals surface area contributed by atoms with Gasteiger partial charge in [-0.1, -0.05) is 39.0 Å². The first-order chi connectivity index (χ1) is 21.2. The van der Waals surface area contributed by atoms with Crippen LogP contribution in [0.5, 0.6) is 5.75 Å². The number of amides is 1. The van der Waals surface area contributed by atoms with Crippen molar-refractivity contribution in [2.45, 2.75) is 90.5 Å². The molecule has 0 aliphatic carbocycles. The number of ether oxygens (including phenoxy) is 1. The fourth-order valence-electron chi connectivity index (χ4n) is 6.23. The van der Waals surface area contributed by atoms with Crippen LogP contribution in [-0.4, -0.2) is 57.1 Å². The van der Waals surface area contributed by atoms with Crippen molar-refractivity contribution in [2.75, 3.05) is 0 Å². The molecule has 2 aromatic heterocycles. The van der Waals surface area contributed by atoms with Gasteiger partial charge in [0, 0.05) is 37.2 Å². The first-order valence-electron chi connectivity index (χ1n) is 15.1. The van der Waals surface area contributed by atoms with Crippen LogP contribution in [0, 0.1) is 0 Å². The van der Waals surface area contributed by atoms with E-state index in [4.69, 9.17) is 14.1 Å². The second-order valence-corrected chi connectivity index (χ2v) is 18.0. The fraction of sp³-hybridized carbons (Fsp3) is 0.424. The Morgan fingerprint density at radius 1 is 1.04 bits per heavy atom. The highest BCUT2D eigenvalue weighted by atomic mass is 28.4. The van der Waals surface area contributed by atoms with E-state index in [1.165, 1.54) is 13.1 Å². The van der Waals surface area contributed by atoms with Crippen molar-refractivity contribution in [1.29, 1.82) is 0 Å². The zero-order chi connectivity index (χ0) is 32.4. The second-order valence-electron chi connectivity index (χ2n) is 13.3. The van der Waals surface area contributed by atoms with Gasteiger partial charge in [-0.15, -0.1) is 0 Å². The van der Waals surface area contributed by atoms with Gasteiger partial charge in [-0.3, -0.25) is 9.59 Å². The van der Waals surface area contributed by atoms with Crippen LogP contribution >= 0.6 is 0 Å². The zero-order valence-electron chi connectivity index (χ0n) is 26.5. The van der Waals surface area contributed by atoms with Gasteiger partial charge in [0.25, 0.3) is 0 Å². The van der Waals surface area contributed by atoms with E-state index < -0.39 is 32.9 Å². The first-order valence-corrected chi connectivity index (χ1v) is 18.0. The van der Waals surface area contributed by atoms with Crippen molar-refractivity contribution in [3.8, 4) is 17.0 Å². The Morgan fingerprint density at radius 2 is 1.78 bits per heavy atom. The molecule has 12 heteroatoms. The quantitative estimate of drug-likeness (QED) is 0.158. The highest BCUT2D eigenvalue weighted by molar-refractivity contribution is 6.74. The van der Waals surface area contributed by atoms with Crippen LogP contribution < -0.4 is 4.74 Å². The van der Waals surface area contributed by atoms with Crippen molar-refractivity contribution in [2.24, 2.45) is 0 Å². The monoisotopic (exact) mass is 633 g/mol. The van der Waals surface area contributed by atoms with Gasteiger partial charge >= 0.3 is 6.61 Å². The summed E-state index contributed by atoms with van der Waals surface area (Å²) in [5.74, 6) is 0.0767. The maximum Gasteiger partial charge on any atom is 0.387 e. The molecule has 236 valence electrons. The predicted octanol–water partition coefficient (Wildman–Crippen LogP) is 7.08. The number of nitrogens with zero attached hydrogens (tertiary/aromatic N) is 5. The molecule has 1 amide bonds. The average molecular weight is 634 g/mol. The molecule has 2 aliphatic rings. The average Bonchev–Trinajstić information content (AvgIpc) is 3.45. The number of ketones is 1. The minimum Gasteiger partial charge on any atom is -0.434 e. The number of fused-ring (bicyclic) bond motifs is 9. The molecule has 0 saturated carbocycles. The van der Waals surface area contributed by atoms with Crippen LogP contribution in [0.4, 0.5) is 8.78 Å². The van der Waals surface area contributed by atoms with Gasteiger partial charge in [-0.2, -0.15) is 8.78 Å². The number of hydrogen-bond donors (Lipinski definition) is 0. The zero-order valence-corrected chi connectivity index (χ0v) is 27.5. The Bertz CT molecular complexity index is 1820. The van der Waals surface area contributed by atoms with Crippen molar-refractivity contribution >= 4 is 31.0 Å². The third kappa shape index (κ3) is 5.33. The number of alkyl halides is 2. The summed E-state index contributed by atoms with van der Waals surface area (Å²) >= 11 is 0. The molecule has 0 saturated heterocycles. The SMILES string of the molecule is CC(=O)N1Cc2ccc(-c3ccnc(C(=O)C(C)O[Si](C)(C)C(C)(C)C)n3)c(OC(F)F)c2[C@H]2C[C@@H]1c1nc3ccccc3n12. The smallest absolute Gasteiger partial charge is 0.387 e. The predicted molar refractivity (Wildman–Crippen MR) is 168 cm³/mol. The third-order valence-corrected chi connectivity index (χ3v) is 14.0. The molecule has 2 aliphatic heterocycles. The van der Waals surface area contributed by atoms with E-state index in [0.717, 1.165) is 11.0 Å². The lowest BCUT2D eigenvalue weighted by atomic mass is 9.94. The lowest BCUT2D eigenvalue weighted by Crippen LogP contribution is -2.45. The van der Waals surface area contributed by atoms with Gasteiger partial charge in [0.05, 0.1) is 28.8 Å². The molecular weight excluding hydrogens is 596 g/mol. The minimum atomic E-state index is -3.13. The Labute approximate surface area is 261 Å². The van der Waals surface area contributed by atoms with Crippen molar-refractivity contribution < 1.29 is 27.5 Å². The summed E-state index contributed by atoms with van der Waals surface area (Å²) in [6.45, 7) is 10.7. The number of aromatic nitrogens is 4. The summed E-state index contributed by atoms with van der Waals surface area (Å²) in [4.78, 5) is 41.8. The molecule has 0 N–H and O–H groups in total. The number of benzene rings is 2. The second kappa shape index (κ2) is 11.1. The minimum absolute atomic E-state index is 0.0371. The van der Waals surface area contributed by atoms with Gasteiger partial charge in [-0.25, -0.2) is 15.0 Å². The highest BCUT2D eigenvalue weighted by Gasteiger charge is 2.45. The molecule has 0 fully saturated rings. The van der Waals surface area contributed by atoms with Crippen LogP contribution in [0.15, 0.2) is 48.7 Å². The highest BCUT2D eigenvalue weighted by Crippen LogP contribution is 2.52. The van der Waals surface area contributed by atoms with Crippen molar-refractivity contribution in [3.63, 3.8) is 0 Å². The first kappa shape index (κ1) is 31.0. The summed E-state index contributed by atoms with van der Waals surface area (Å²) in [6, 6.07) is 11.9. The maximum absolute atomic E-state index is 14.2. The Balaban J connectivity index is 1.48. The summed E-state index contributed by atoms with van der Waals surface area (Å²) in [6.07, 6.45) is 1.11. The number of hydrogen-bond acceptors (Lipinski definition) is 7. The van der Waals surface area contributed by atoms with Crippen LogP contribution in [0.3, 0.4) is 0 Å². The maximum atomic E-state index is 14.2. The van der Waals surface area contributed by atoms with Gasteiger partial charge < -0.3 is 18.6 Å². The third-order valence-electron chi connectivity index (χ3n) is 9.43. The fourth-order valence-corrected chi connectivity index (χ4v) is 7.57. The Hall–Kier alpha value is -4.03. The molecule has 0 spiro atoms. The van der Waals surface area contributed by atoms with Crippen molar-refractivity contribution in [1.82, 2.24) is 24.4 Å². The number of halogens is 2. The molecule has 2 aromatic carbocycles. The molecule has 9 nitrogen and oxygen atoms in total. The van der Waals surface area contributed by atoms with E-state index in [-0.39, 0.29) is 40.8 Å². The van der Waals surface area contributed by atoms with E-state index >= 15 is 0 Å². The Morgan fingerprint density at radius 3 is 2.47 bits per heavy atom. The van der Waals surface area contributed by atoms with Gasteiger partial charge in [0.1, 0.15) is 17.7 Å². The molecule has 2 bridgehead atoms. The molecule has 6 rings (SSSR count). The van der Waals surface area contributed by atoms with Crippen LogP contribution in [-0.2, 0) is 15.8 Å². The molecule has 4 heterocycles. The van der Waals surface area contributed by atoms with E-state index in [1.54, 1.807) is 24.0 Å².